The fraction of sp³-hybridized carbons (Fsp3) is 0.133. The van der Waals surface area contributed by atoms with Gasteiger partial charge in [0.2, 0.25) is 0 Å². The van der Waals surface area contributed by atoms with Crippen molar-refractivity contribution in [1.29, 1.82) is 0 Å². The molecule has 106 valence electrons. The van der Waals surface area contributed by atoms with Crippen LogP contribution >= 0.6 is 15.9 Å². The van der Waals surface area contributed by atoms with Crippen molar-refractivity contribution >= 4 is 33.2 Å². The fourth-order valence-corrected chi connectivity index (χ4v) is 2.41. The molecule has 0 atom stereocenters. The first-order valence-electron chi connectivity index (χ1n) is 6.39. The number of rotatable bonds is 2. The summed E-state index contributed by atoms with van der Waals surface area (Å²) in [5.41, 5.74) is 3.04. The van der Waals surface area contributed by atoms with Gasteiger partial charge in [-0.05, 0) is 35.0 Å². The number of aryl methyl sites for hydroxylation is 1. The number of hydrogen-bond donors (Lipinski definition) is 0. The first-order chi connectivity index (χ1) is 10.1. The zero-order chi connectivity index (χ0) is 15.0. The van der Waals surface area contributed by atoms with E-state index >= 15 is 0 Å². The Hall–Kier alpha value is -2.21. The minimum Gasteiger partial charge on any atom is -0.310 e. The van der Waals surface area contributed by atoms with E-state index in [9.17, 15) is 4.79 Å². The quantitative estimate of drug-likeness (QED) is 0.717. The Bertz CT molecular complexity index is 810. The first kappa shape index (κ1) is 13.8. The molecule has 1 amide bonds. The van der Waals surface area contributed by atoms with Gasteiger partial charge in [0.15, 0.2) is 5.65 Å². The van der Waals surface area contributed by atoms with Crippen molar-refractivity contribution in [2.75, 3.05) is 11.9 Å². The highest BCUT2D eigenvalue weighted by Gasteiger charge is 2.16. The van der Waals surface area contributed by atoms with Crippen LogP contribution in [0.25, 0.3) is 5.65 Å². The zero-order valence-electron chi connectivity index (χ0n) is 11.6. The lowest BCUT2D eigenvalue weighted by molar-refractivity contribution is 0.0988. The number of nitrogens with zero attached hydrogens (tertiary/aromatic N) is 4. The van der Waals surface area contributed by atoms with Crippen LogP contribution in [0.4, 0.5) is 5.69 Å². The lowest BCUT2D eigenvalue weighted by Crippen LogP contribution is -2.27. The van der Waals surface area contributed by atoms with Gasteiger partial charge in [0.05, 0.1) is 12.4 Å². The highest BCUT2D eigenvalue weighted by Crippen LogP contribution is 2.17. The van der Waals surface area contributed by atoms with Gasteiger partial charge in [0.25, 0.3) is 5.91 Å². The molecule has 0 aliphatic carbocycles. The maximum atomic E-state index is 12.5. The highest BCUT2D eigenvalue weighted by molar-refractivity contribution is 9.10. The molecule has 0 saturated heterocycles. The Labute approximate surface area is 130 Å². The molecule has 2 heterocycles. The minimum atomic E-state index is -0.165. The van der Waals surface area contributed by atoms with Crippen molar-refractivity contribution in [3.05, 3.63) is 58.7 Å². The third-order valence-electron chi connectivity index (χ3n) is 3.30. The van der Waals surface area contributed by atoms with E-state index < -0.39 is 0 Å². The Morgan fingerprint density at radius 2 is 1.90 bits per heavy atom. The molecule has 0 radical (unpaired) electrons. The van der Waals surface area contributed by atoms with Gasteiger partial charge in [-0.15, -0.1) is 0 Å². The summed E-state index contributed by atoms with van der Waals surface area (Å²) in [5.74, 6) is -0.165. The van der Waals surface area contributed by atoms with Gasteiger partial charge in [-0.25, -0.2) is 9.97 Å². The average molecular weight is 345 g/mol. The molecule has 3 aromatic rings. The lowest BCUT2D eigenvalue weighted by Gasteiger charge is -2.17. The van der Waals surface area contributed by atoms with E-state index in [0.29, 0.717) is 11.3 Å². The van der Waals surface area contributed by atoms with Crippen LogP contribution in [0.2, 0.25) is 0 Å². The van der Waals surface area contributed by atoms with E-state index in [1.54, 1.807) is 34.9 Å². The van der Waals surface area contributed by atoms with Gasteiger partial charge in [0.1, 0.15) is 10.3 Å². The van der Waals surface area contributed by atoms with Crippen molar-refractivity contribution in [3.63, 3.8) is 0 Å². The first-order valence-corrected chi connectivity index (χ1v) is 7.19. The molecular weight excluding hydrogens is 332 g/mol. The van der Waals surface area contributed by atoms with Crippen LogP contribution in [0.5, 0.6) is 0 Å². The van der Waals surface area contributed by atoms with Crippen LogP contribution in [0.3, 0.4) is 0 Å². The number of aromatic nitrogens is 3. The minimum absolute atomic E-state index is 0.165. The van der Waals surface area contributed by atoms with Gasteiger partial charge in [-0.3, -0.25) is 9.20 Å². The molecule has 0 N–H and O–H groups in total. The van der Waals surface area contributed by atoms with E-state index in [4.69, 9.17) is 0 Å². The molecule has 21 heavy (non-hydrogen) atoms. The summed E-state index contributed by atoms with van der Waals surface area (Å²) in [5, 5.41) is 0. The van der Waals surface area contributed by atoms with Crippen LogP contribution in [0.15, 0.2) is 47.5 Å². The Morgan fingerprint density at radius 1 is 1.19 bits per heavy atom. The van der Waals surface area contributed by atoms with Crippen molar-refractivity contribution in [1.82, 2.24) is 14.4 Å². The van der Waals surface area contributed by atoms with Gasteiger partial charge in [-0.2, -0.15) is 0 Å². The fourth-order valence-electron chi connectivity index (χ4n) is 2.03. The molecule has 0 bridgehead atoms. The SMILES string of the molecule is Cc1ccc(N(C)C(=O)c2cn3c(Br)cnc3cn2)cc1. The number of benzene rings is 1. The zero-order valence-corrected chi connectivity index (χ0v) is 13.2. The lowest BCUT2D eigenvalue weighted by atomic mass is 10.2. The Kier molecular flexibility index (Phi) is 3.47. The number of fused-ring (bicyclic) bond motifs is 1. The monoisotopic (exact) mass is 344 g/mol. The summed E-state index contributed by atoms with van der Waals surface area (Å²) in [6, 6.07) is 7.78. The molecule has 3 rings (SSSR count). The molecule has 2 aromatic heterocycles. The number of hydrogen-bond acceptors (Lipinski definition) is 3. The summed E-state index contributed by atoms with van der Waals surface area (Å²) < 4.78 is 2.57. The number of halogens is 1. The normalized spacial score (nSPS) is 10.8. The van der Waals surface area contributed by atoms with E-state index in [0.717, 1.165) is 15.9 Å². The average Bonchev–Trinajstić information content (AvgIpc) is 2.87. The van der Waals surface area contributed by atoms with Crippen molar-refractivity contribution in [2.24, 2.45) is 0 Å². The van der Waals surface area contributed by atoms with E-state index in [1.165, 1.54) is 0 Å². The van der Waals surface area contributed by atoms with Crippen LogP contribution in [-0.2, 0) is 0 Å². The van der Waals surface area contributed by atoms with E-state index in [-0.39, 0.29) is 5.91 Å². The second-order valence-corrected chi connectivity index (χ2v) is 5.59. The molecule has 6 heteroatoms. The predicted octanol–water partition coefficient (Wildman–Crippen LogP) is 3.08. The van der Waals surface area contributed by atoms with Crippen molar-refractivity contribution in [2.45, 2.75) is 6.92 Å². The summed E-state index contributed by atoms with van der Waals surface area (Å²) in [6.07, 6.45) is 4.94. The largest absolute Gasteiger partial charge is 0.310 e. The summed E-state index contributed by atoms with van der Waals surface area (Å²) in [6.45, 7) is 2.01. The molecule has 0 unspecified atom stereocenters. The van der Waals surface area contributed by atoms with Crippen molar-refractivity contribution < 1.29 is 4.79 Å². The maximum Gasteiger partial charge on any atom is 0.278 e. The third-order valence-corrected chi connectivity index (χ3v) is 3.88. The second-order valence-electron chi connectivity index (χ2n) is 4.78. The second kappa shape index (κ2) is 5.29. The Morgan fingerprint density at radius 3 is 2.62 bits per heavy atom. The summed E-state index contributed by atoms with van der Waals surface area (Å²) >= 11 is 3.39. The van der Waals surface area contributed by atoms with Crippen LogP contribution in [0, 0.1) is 6.92 Å². The van der Waals surface area contributed by atoms with Crippen LogP contribution < -0.4 is 4.90 Å². The van der Waals surface area contributed by atoms with Gasteiger partial charge < -0.3 is 4.90 Å². The van der Waals surface area contributed by atoms with E-state index in [1.807, 2.05) is 31.2 Å². The molecule has 5 nitrogen and oxygen atoms in total. The molecule has 0 aliphatic rings. The molecule has 1 aromatic carbocycles. The maximum absolute atomic E-state index is 12.5. The molecule has 0 saturated carbocycles. The van der Waals surface area contributed by atoms with Crippen molar-refractivity contribution in [3.8, 4) is 0 Å². The highest BCUT2D eigenvalue weighted by atomic mass is 79.9. The molecule has 0 fully saturated rings. The smallest absolute Gasteiger partial charge is 0.278 e. The Balaban J connectivity index is 1.95. The number of anilines is 1. The third kappa shape index (κ3) is 2.54. The van der Waals surface area contributed by atoms with Crippen LogP contribution in [0.1, 0.15) is 16.1 Å². The number of imidazole rings is 1. The van der Waals surface area contributed by atoms with Crippen LogP contribution in [-0.4, -0.2) is 27.3 Å². The molecule has 0 spiro atoms. The topological polar surface area (TPSA) is 50.5 Å². The van der Waals surface area contributed by atoms with Gasteiger partial charge in [0, 0.05) is 18.9 Å². The number of carbonyl (C=O) groups excluding carboxylic acids is 1. The van der Waals surface area contributed by atoms with E-state index in [2.05, 4.69) is 25.9 Å². The summed E-state index contributed by atoms with van der Waals surface area (Å²) in [7, 11) is 1.74. The number of carbonyl (C=O) groups is 1. The van der Waals surface area contributed by atoms with Gasteiger partial charge in [-0.1, -0.05) is 17.7 Å². The molecular formula is C15H13BrN4O. The van der Waals surface area contributed by atoms with Gasteiger partial charge >= 0.3 is 0 Å². The summed E-state index contributed by atoms with van der Waals surface area (Å²) in [4.78, 5) is 22.5. The standard InChI is InChI=1S/C15H13BrN4O/c1-10-3-5-11(6-4-10)19(2)15(21)12-9-20-13(16)7-18-14(20)8-17-12/h3-9H,1-2H3. The predicted molar refractivity (Wildman–Crippen MR) is 84.6 cm³/mol. The molecule has 0 aliphatic heterocycles. The number of amides is 1.